The summed E-state index contributed by atoms with van der Waals surface area (Å²) in [5.74, 6) is 1.48. The summed E-state index contributed by atoms with van der Waals surface area (Å²) in [6.07, 6.45) is 2.06. The molecule has 0 atom stereocenters. The van der Waals surface area contributed by atoms with Crippen LogP contribution in [0.3, 0.4) is 0 Å². The molecule has 0 fully saturated rings. The highest BCUT2D eigenvalue weighted by atomic mass is 35.5. The molecule has 0 saturated heterocycles. The quantitative estimate of drug-likeness (QED) is 0.602. The van der Waals surface area contributed by atoms with E-state index < -0.39 is 0 Å². The molecule has 0 unspecified atom stereocenters. The van der Waals surface area contributed by atoms with E-state index in [4.69, 9.17) is 11.6 Å². The summed E-state index contributed by atoms with van der Waals surface area (Å²) in [6.45, 7) is 0. The number of para-hydroxylation sites is 2. The third-order valence-corrected chi connectivity index (χ3v) is 3.95. The maximum absolute atomic E-state index is 5.98. The zero-order valence-corrected chi connectivity index (χ0v) is 12.7. The van der Waals surface area contributed by atoms with Crippen LogP contribution in [0, 0.1) is 0 Å². The average Bonchev–Trinajstić information content (AvgIpc) is 2.92. The first-order valence-electron chi connectivity index (χ1n) is 6.98. The molecule has 2 aromatic carbocycles. The van der Waals surface area contributed by atoms with Crippen molar-refractivity contribution in [2.75, 3.05) is 12.4 Å². The number of anilines is 1. The number of hydrogen-bond donors (Lipinski definition) is 1. The lowest BCUT2D eigenvalue weighted by atomic mass is 10.1. The summed E-state index contributed by atoms with van der Waals surface area (Å²) in [5, 5.41) is 3.87. The number of halogens is 1. The summed E-state index contributed by atoms with van der Waals surface area (Å²) < 4.78 is 2.01. The fourth-order valence-corrected chi connectivity index (χ4v) is 2.75. The molecule has 0 radical (unpaired) electrons. The Morgan fingerprint density at radius 3 is 2.55 bits per heavy atom. The maximum Gasteiger partial charge on any atom is 0.236 e. The van der Waals surface area contributed by atoms with Crippen LogP contribution in [0.15, 0.2) is 54.7 Å². The molecule has 108 valence electrons. The van der Waals surface area contributed by atoms with Gasteiger partial charge in [0.15, 0.2) is 0 Å². The average molecular weight is 309 g/mol. The molecule has 1 N–H and O–H groups in total. The second-order valence-corrected chi connectivity index (χ2v) is 5.47. The van der Waals surface area contributed by atoms with Crippen LogP contribution in [0.1, 0.15) is 0 Å². The minimum atomic E-state index is 0.684. The molecule has 0 bridgehead atoms. The van der Waals surface area contributed by atoms with Crippen LogP contribution >= 0.6 is 11.6 Å². The molecule has 4 rings (SSSR count). The van der Waals surface area contributed by atoms with E-state index in [9.17, 15) is 0 Å². The lowest BCUT2D eigenvalue weighted by molar-refractivity contribution is 1.13. The van der Waals surface area contributed by atoms with Crippen LogP contribution in [0.4, 0.5) is 5.82 Å². The highest BCUT2D eigenvalue weighted by molar-refractivity contribution is 6.30. The Morgan fingerprint density at radius 2 is 1.77 bits per heavy atom. The molecule has 22 heavy (non-hydrogen) atoms. The topological polar surface area (TPSA) is 42.2 Å². The predicted molar refractivity (Wildman–Crippen MR) is 90.5 cm³/mol. The minimum absolute atomic E-state index is 0.684. The molecule has 4 nitrogen and oxygen atoms in total. The molecular formula is C17H13ClN4. The van der Waals surface area contributed by atoms with Crippen molar-refractivity contribution in [3.63, 3.8) is 0 Å². The summed E-state index contributed by atoms with van der Waals surface area (Å²) >= 11 is 5.98. The number of benzene rings is 2. The van der Waals surface area contributed by atoms with E-state index in [1.807, 2.05) is 60.0 Å². The lowest BCUT2D eigenvalue weighted by Crippen LogP contribution is -2.00. The van der Waals surface area contributed by atoms with Gasteiger partial charge >= 0.3 is 0 Å². The van der Waals surface area contributed by atoms with Crippen molar-refractivity contribution >= 4 is 34.2 Å². The summed E-state index contributed by atoms with van der Waals surface area (Å²) in [7, 11) is 1.86. The number of rotatable bonds is 2. The number of aromatic nitrogens is 3. The molecule has 5 heteroatoms. The number of nitrogens with zero attached hydrogens (tertiary/aromatic N) is 3. The Morgan fingerprint density at radius 1 is 1.00 bits per heavy atom. The Kier molecular flexibility index (Phi) is 2.98. The number of nitrogens with one attached hydrogen (secondary N) is 1. The van der Waals surface area contributed by atoms with Gasteiger partial charge in [0.1, 0.15) is 5.82 Å². The SMILES string of the molecule is CNc1nc2nc3ccccc3n2cc1-c1ccc(Cl)cc1. The third-order valence-electron chi connectivity index (χ3n) is 3.69. The van der Waals surface area contributed by atoms with Crippen molar-refractivity contribution in [3.05, 3.63) is 59.8 Å². The van der Waals surface area contributed by atoms with Gasteiger partial charge in [0, 0.05) is 23.8 Å². The zero-order valence-electron chi connectivity index (χ0n) is 11.9. The third kappa shape index (κ3) is 2.00. The first-order chi connectivity index (χ1) is 10.8. The summed E-state index contributed by atoms with van der Waals surface area (Å²) in [6, 6.07) is 15.8. The smallest absolute Gasteiger partial charge is 0.236 e. The van der Waals surface area contributed by atoms with Crippen molar-refractivity contribution in [3.8, 4) is 11.1 Å². The minimum Gasteiger partial charge on any atom is -0.372 e. The monoisotopic (exact) mass is 308 g/mol. The summed E-state index contributed by atoms with van der Waals surface area (Å²) in [4.78, 5) is 9.20. The van der Waals surface area contributed by atoms with Gasteiger partial charge in [0.05, 0.1) is 11.0 Å². The molecule has 0 aliphatic rings. The number of imidazole rings is 1. The van der Waals surface area contributed by atoms with Gasteiger partial charge in [-0.05, 0) is 29.8 Å². The largest absolute Gasteiger partial charge is 0.372 e. The normalized spacial score (nSPS) is 11.2. The van der Waals surface area contributed by atoms with Gasteiger partial charge in [0.25, 0.3) is 0 Å². The maximum atomic E-state index is 5.98. The van der Waals surface area contributed by atoms with Crippen LogP contribution in [0.2, 0.25) is 5.02 Å². The van der Waals surface area contributed by atoms with Crippen LogP contribution in [0.25, 0.3) is 27.9 Å². The molecule has 0 saturated carbocycles. The van der Waals surface area contributed by atoms with Gasteiger partial charge in [-0.1, -0.05) is 35.9 Å². The van der Waals surface area contributed by atoms with Crippen molar-refractivity contribution < 1.29 is 0 Å². The molecule has 4 aromatic rings. The fourth-order valence-electron chi connectivity index (χ4n) is 2.62. The van der Waals surface area contributed by atoms with E-state index in [1.165, 1.54) is 0 Å². The first-order valence-corrected chi connectivity index (χ1v) is 7.35. The lowest BCUT2D eigenvalue weighted by Gasteiger charge is -2.09. The van der Waals surface area contributed by atoms with Crippen molar-refractivity contribution in [2.24, 2.45) is 0 Å². The molecule has 0 aliphatic carbocycles. The van der Waals surface area contributed by atoms with E-state index in [0.29, 0.717) is 5.78 Å². The summed E-state index contributed by atoms with van der Waals surface area (Å²) in [5.41, 5.74) is 4.05. The highest BCUT2D eigenvalue weighted by Crippen LogP contribution is 2.29. The van der Waals surface area contributed by atoms with Gasteiger partial charge in [-0.15, -0.1) is 0 Å². The molecular weight excluding hydrogens is 296 g/mol. The molecule has 2 heterocycles. The van der Waals surface area contributed by atoms with E-state index >= 15 is 0 Å². The zero-order chi connectivity index (χ0) is 15.1. The van der Waals surface area contributed by atoms with E-state index in [2.05, 4.69) is 21.5 Å². The molecule has 0 spiro atoms. The van der Waals surface area contributed by atoms with Crippen LogP contribution < -0.4 is 5.32 Å². The van der Waals surface area contributed by atoms with Crippen LogP contribution in [-0.2, 0) is 0 Å². The van der Waals surface area contributed by atoms with Crippen molar-refractivity contribution in [1.82, 2.24) is 14.4 Å². The standard InChI is InChI=1S/C17H13ClN4/c1-19-16-13(11-6-8-12(18)9-7-11)10-22-15-5-3-2-4-14(15)20-17(22)21-16/h2-10H,1H3,(H,19,20,21). The van der Waals surface area contributed by atoms with Crippen LogP contribution in [0.5, 0.6) is 0 Å². The number of fused-ring (bicyclic) bond motifs is 3. The Bertz CT molecular complexity index is 973. The van der Waals surface area contributed by atoms with E-state index in [-0.39, 0.29) is 0 Å². The van der Waals surface area contributed by atoms with Crippen molar-refractivity contribution in [1.29, 1.82) is 0 Å². The Labute approximate surface area is 132 Å². The Balaban J connectivity index is 2.04. The van der Waals surface area contributed by atoms with Crippen molar-refractivity contribution in [2.45, 2.75) is 0 Å². The van der Waals surface area contributed by atoms with E-state index in [1.54, 1.807) is 0 Å². The first kappa shape index (κ1) is 13.1. The van der Waals surface area contributed by atoms with Gasteiger partial charge in [-0.2, -0.15) is 4.98 Å². The van der Waals surface area contributed by atoms with Gasteiger partial charge in [-0.25, -0.2) is 4.98 Å². The van der Waals surface area contributed by atoms with Gasteiger partial charge < -0.3 is 5.32 Å². The molecule has 2 aromatic heterocycles. The molecule has 0 aliphatic heterocycles. The number of hydrogen-bond acceptors (Lipinski definition) is 3. The second kappa shape index (κ2) is 5.00. The Hall–Kier alpha value is -2.59. The van der Waals surface area contributed by atoms with Crippen LogP contribution in [-0.4, -0.2) is 21.4 Å². The van der Waals surface area contributed by atoms with Gasteiger partial charge in [0.2, 0.25) is 5.78 Å². The highest BCUT2D eigenvalue weighted by Gasteiger charge is 2.11. The molecule has 0 amide bonds. The van der Waals surface area contributed by atoms with Gasteiger partial charge in [-0.3, -0.25) is 4.40 Å². The predicted octanol–water partition coefficient (Wildman–Crippen LogP) is 4.24. The second-order valence-electron chi connectivity index (χ2n) is 5.03. The fraction of sp³-hybridized carbons (Fsp3) is 0.0588. The van der Waals surface area contributed by atoms with E-state index in [0.717, 1.165) is 33.0 Å².